The monoisotopic (exact) mass is 485 g/mol. The van der Waals surface area contributed by atoms with Gasteiger partial charge in [0.2, 0.25) is 0 Å². The first-order chi connectivity index (χ1) is 15.6. The molecule has 4 rings (SSSR count). The molecule has 33 heavy (non-hydrogen) atoms. The molecule has 8 nitrogen and oxygen atoms in total. The maximum atomic E-state index is 14.8. The minimum atomic E-state index is -4.53. The summed E-state index contributed by atoms with van der Waals surface area (Å²) in [6, 6.07) is 3.63. The van der Waals surface area contributed by atoms with E-state index < -0.39 is 50.2 Å². The average molecular weight is 485 g/mol. The summed E-state index contributed by atoms with van der Waals surface area (Å²) in [5.74, 6) is -7.93. The fourth-order valence-electron chi connectivity index (χ4n) is 3.87. The number of nitrogens with zero attached hydrogens (tertiary/aromatic N) is 4. The van der Waals surface area contributed by atoms with E-state index in [1.807, 2.05) is 4.72 Å². The van der Waals surface area contributed by atoms with Crippen LogP contribution in [-0.4, -0.2) is 40.2 Å². The van der Waals surface area contributed by atoms with Gasteiger partial charge in [0, 0.05) is 38.0 Å². The number of hydrogen-bond acceptors (Lipinski definition) is 6. The molecule has 1 N–H and O–H groups in total. The fourth-order valence-corrected chi connectivity index (χ4v) is 4.95. The van der Waals surface area contributed by atoms with Crippen LogP contribution in [0.25, 0.3) is 0 Å². The molecule has 0 unspecified atom stereocenters. The molecule has 1 aromatic carbocycles. The van der Waals surface area contributed by atoms with Crippen molar-refractivity contribution in [2.24, 2.45) is 7.05 Å². The second kappa shape index (κ2) is 8.61. The normalized spacial score (nSPS) is 20.4. The van der Waals surface area contributed by atoms with E-state index in [1.54, 1.807) is 0 Å². The smallest absolute Gasteiger partial charge is 0.266 e. The second-order valence-corrected chi connectivity index (χ2v) is 9.23. The Labute approximate surface area is 186 Å². The molecule has 1 saturated carbocycles. The minimum absolute atomic E-state index is 0.117. The average Bonchev–Trinajstić information content (AvgIpc) is 3.15. The molecule has 0 saturated heterocycles. The van der Waals surface area contributed by atoms with E-state index in [0.717, 1.165) is 6.33 Å². The highest BCUT2D eigenvalue weighted by molar-refractivity contribution is 7.92. The van der Waals surface area contributed by atoms with E-state index in [4.69, 9.17) is 4.74 Å². The predicted octanol–water partition coefficient (Wildman–Crippen LogP) is 3.64. The molecule has 3 aromatic rings. The molecule has 0 radical (unpaired) electrons. The molecule has 176 valence electrons. The summed E-state index contributed by atoms with van der Waals surface area (Å²) in [6.45, 7) is 0. The summed E-state index contributed by atoms with van der Waals surface area (Å²) >= 11 is 0. The molecule has 13 heteroatoms. The zero-order valence-corrected chi connectivity index (χ0v) is 18.1. The number of benzene rings is 1. The van der Waals surface area contributed by atoms with E-state index >= 15 is 0 Å². The first-order valence-electron chi connectivity index (χ1n) is 9.89. The molecule has 1 aliphatic rings. The Morgan fingerprint density at radius 1 is 1.18 bits per heavy atom. The van der Waals surface area contributed by atoms with Crippen molar-refractivity contribution in [2.45, 2.75) is 42.1 Å². The lowest BCUT2D eigenvalue weighted by molar-refractivity contribution is -0.0957. The SMILES string of the molecule is Cn1nccc1[C@@H]1[C@@H](Oc2cc(F)c(S(=O)(=O)Nc3ccncn3)cc2F)CCCC1(F)F. The highest BCUT2D eigenvalue weighted by Crippen LogP contribution is 2.46. The molecule has 2 heterocycles. The molecule has 1 aliphatic carbocycles. The van der Waals surface area contributed by atoms with Gasteiger partial charge in [-0.1, -0.05) is 0 Å². The van der Waals surface area contributed by atoms with Crippen molar-refractivity contribution < 1.29 is 30.7 Å². The van der Waals surface area contributed by atoms with Crippen molar-refractivity contribution in [2.75, 3.05) is 4.72 Å². The van der Waals surface area contributed by atoms with E-state index in [9.17, 15) is 26.0 Å². The van der Waals surface area contributed by atoms with Crippen LogP contribution in [0.4, 0.5) is 23.4 Å². The Kier molecular flexibility index (Phi) is 5.99. The Morgan fingerprint density at radius 2 is 1.97 bits per heavy atom. The maximum absolute atomic E-state index is 14.8. The third-order valence-electron chi connectivity index (χ3n) is 5.38. The lowest BCUT2D eigenvalue weighted by Gasteiger charge is -2.37. The van der Waals surface area contributed by atoms with Crippen molar-refractivity contribution in [1.82, 2.24) is 19.7 Å². The van der Waals surface area contributed by atoms with Crippen LogP contribution < -0.4 is 9.46 Å². The number of nitrogens with one attached hydrogen (secondary N) is 1. The number of anilines is 1. The van der Waals surface area contributed by atoms with Gasteiger partial charge in [-0.15, -0.1) is 0 Å². The number of hydrogen-bond donors (Lipinski definition) is 1. The third-order valence-corrected chi connectivity index (χ3v) is 6.75. The molecule has 0 bridgehead atoms. The summed E-state index contributed by atoms with van der Waals surface area (Å²) in [5.41, 5.74) is 0.193. The zero-order valence-electron chi connectivity index (χ0n) is 17.3. The van der Waals surface area contributed by atoms with Crippen molar-refractivity contribution >= 4 is 15.8 Å². The number of halogens is 4. The quantitative estimate of drug-likeness (QED) is 0.536. The number of sulfonamides is 1. The highest BCUT2D eigenvalue weighted by Gasteiger charge is 2.50. The fraction of sp³-hybridized carbons (Fsp3) is 0.350. The second-order valence-electron chi connectivity index (χ2n) is 7.58. The number of aromatic nitrogens is 4. The molecule has 0 spiro atoms. The topological polar surface area (TPSA) is 99.0 Å². The molecule has 0 amide bonds. The number of alkyl halides is 2. The van der Waals surface area contributed by atoms with Gasteiger partial charge in [0.25, 0.3) is 15.9 Å². The predicted molar refractivity (Wildman–Crippen MR) is 108 cm³/mol. The molecular weight excluding hydrogens is 466 g/mol. The standard InChI is InChI=1S/C20H19F4N5O3S/c1-29-14(4-8-27-29)19-15(3-2-6-20(19,23)24)32-16-9-13(22)17(10-12(16)21)33(30,31)28-18-5-7-25-11-26-18/h4-5,7-11,15,19H,2-3,6H2,1H3,(H,25,26,28)/t15-,19+/m0/s1. The minimum Gasteiger partial charge on any atom is -0.486 e. The van der Waals surface area contributed by atoms with E-state index in [2.05, 4.69) is 15.1 Å². The van der Waals surface area contributed by atoms with Gasteiger partial charge in [-0.25, -0.2) is 35.9 Å². The summed E-state index contributed by atoms with van der Waals surface area (Å²) in [4.78, 5) is 6.32. The van der Waals surface area contributed by atoms with Gasteiger partial charge < -0.3 is 4.74 Å². The van der Waals surface area contributed by atoms with Crippen LogP contribution in [0.5, 0.6) is 5.75 Å². The number of ether oxygens (including phenoxy) is 1. The summed E-state index contributed by atoms with van der Waals surface area (Å²) in [6.07, 6.45) is 2.42. The van der Waals surface area contributed by atoms with Gasteiger partial charge in [0.1, 0.15) is 34.9 Å². The summed E-state index contributed by atoms with van der Waals surface area (Å²) in [7, 11) is -3.03. The van der Waals surface area contributed by atoms with Crippen LogP contribution in [0.1, 0.15) is 30.9 Å². The Bertz CT molecular complexity index is 1250. The van der Waals surface area contributed by atoms with E-state index in [0.29, 0.717) is 12.1 Å². The van der Waals surface area contributed by atoms with Crippen molar-refractivity contribution in [1.29, 1.82) is 0 Å². The molecular formula is C20H19F4N5O3S. The van der Waals surface area contributed by atoms with E-state index in [-0.39, 0.29) is 30.8 Å². The van der Waals surface area contributed by atoms with Gasteiger partial charge in [-0.05, 0) is 25.0 Å². The Morgan fingerprint density at radius 3 is 2.64 bits per heavy atom. The third kappa shape index (κ3) is 4.63. The Hall–Kier alpha value is -3.22. The maximum Gasteiger partial charge on any atom is 0.266 e. The van der Waals surface area contributed by atoms with Gasteiger partial charge in [-0.3, -0.25) is 9.40 Å². The van der Waals surface area contributed by atoms with Crippen molar-refractivity contribution in [3.63, 3.8) is 0 Å². The Balaban J connectivity index is 1.64. The van der Waals surface area contributed by atoms with Crippen LogP contribution in [0.2, 0.25) is 0 Å². The van der Waals surface area contributed by atoms with Crippen molar-refractivity contribution in [3.05, 3.63) is 60.3 Å². The van der Waals surface area contributed by atoms with Gasteiger partial charge in [0.15, 0.2) is 11.6 Å². The van der Waals surface area contributed by atoms with Crippen molar-refractivity contribution in [3.8, 4) is 5.75 Å². The van der Waals surface area contributed by atoms with Crippen LogP contribution in [0, 0.1) is 11.6 Å². The van der Waals surface area contributed by atoms with Gasteiger partial charge in [0.05, 0.1) is 5.69 Å². The van der Waals surface area contributed by atoms with Gasteiger partial charge in [-0.2, -0.15) is 5.10 Å². The molecule has 2 atom stereocenters. The number of aryl methyl sites for hydroxylation is 1. The summed E-state index contributed by atoms with van der Waals surface area (Å²) in [5, 5.41) is 3.91. The largest absolute Gasteiger partial charge is 0.486 e. The number of rotatable bonds is 6. The first kappa shape index (κ1) is 23.0. The van der Waals surface area contributed by atoms with Crippen LogP contribution in [0.15, 0.2) is 47.9 Å². The molecule has 0 aliphatic heterocycles. The first-order valence-corrected chi connectivity index (χ1v) is 11.4. The van der Waals surface area contributed by atoms with Crippen LogP contribution >= 0.6 is 0 Å². The zero-order chi connectivity index (χ0) is 23.8. The molecule has 1 fully saturated rings. The molecule has 2 aromatic heterocycles. The lowest BCUT2D eigenvalue weighted by atomic mass is 9.80. The van der Waals surface area contributed by atoms with Crippen LogP contribution in [0.3, 0.4) is 0 Å². The highest BCUT2D eigenvalue weighted by atomic mass is 32.2. The van der Waals surface area contributed by atoms with E-state index in [1.165, 1.54) is 36.3 Å². The van der Waals surface area contributed by atoms with Crippen LogP contribution in [-0.2, 0) is 17.1 Å². The summed E-state index contributed by atoms with van der Waals surface area (Å²) < 4.78 is 92.8. The lowest BCUT2D eigenvalue weighted by Crippen LogP contribution is -2.43. The van der Waals surface area contributed by atoms with Gasteiger partial charge >= 0.3 is 0 Å².